The number of anilines is 3. The lowest BCUT2D eigenvalue weighted by molar-refractivity contribution is 0.0963. The Labute approximate surface area is 166 Å². The van der Waals surface area contributed by atoms with Gasteiger partial charge in [0.2, 0.25) is 0 Å². The van der Waals surface area contributed by atoms with Gasteiger partial charge in [-0.3, -0.25) is 9.48 Å². The van der Waals surface area contributed by atoms with E-state index in [4.69, 9.17) is 15.7 Å². The number of rotatable bonds is 3. The average Bonchev–Trinajstić information content (AvgIpc) is 3.01. The van der Waals surface area contributed by atoms with E-state index in [1.165, 1.54) is 12.3 Å². The molecule has 4 rings (SSSR count). The number of aryl methyl sites for hydroxylation is 1. The number of fused-ring (bicyclic) bond motifs is 3. The third-order valence-corrected chi connectivity index (χ3v) is 4.80. The monoisotopic (exact) mass is 385 g/mol. The average molecular weight is 386 g/mol. The Morgan fingerprint density at radius 3 is 2.96 bits per heavy atom. The van der Waals surface area contributed by atoms with Gasteiger partial charge >= 0.3 is 0 Å². The van der Waals surface area contributed by atoms with Gasteiger partial charge in [-0.05, 0) is 12.1 Å². The lowest BCUT2D eigenvalue weighted by atomic mass is 9.99. The topological polar surface area (TPSA) is 75.1 Å². The molecule has 138 valence electrons. The van der Waals surface area contributed by atoms with E-state index >= 15 is 0 Å². The van der Waals surface area contributed by atoms with Crippen molar-refractivity contribution in [2.45, 2.75) is 6.54 Å². The van der Waals surface area contributed by atoms with Crippen LogP contribution in [0, 0.1) is 0 Å². The van der Waals surface area contributed by atoms with Crippen LogP contribution in [0.15, 0.2) is 36.7 Å². The van der Waals surface area contributed by atoms with Crippen LogP contribution in [0.4, 0.5) is 17.1 Å². The predicted octanol–water partition coefficient (Wildman–Crippen LogP) is 3.19. The van der Waals surface area contributed by atoms with E-state index in [1.54, 1.807) is 0 Å². The Hall–Kier alpha value is -3.06. The minimum Gasteiger partial charge on any atom is -0.368 e. The van der Waals surface area contributed by atoms with Crippen molar-refractivity contribution in [3.63, 3.8) is 0 Å². The van der Waals surface area contributed by atoms with Gasteiger partial charge in [0.25, 0.3) is 5.91 Å². The maximum Gasteiger partial charge on any atom is 0.254 e. The zero-order valence-corrected chi connectivity index (χ0v) is 15.5. The van der Waals surface area contributed by atoms with Gasteiger partial charge in [-0.2, -0.15) is 5.10 Å². The van der Waals surface area contributed by atoms with Crippen molar-refractivity contribution in [1.82, 2.24) is 20.1 Å². The van der Waals surface area contributed by atoms with E-state index in [0.29, 0.717) is 12.2 Å². The van der Waals surface area contributed by atoms with E-state index in [-0.39, 0.29) is 10.7 Å². The molecule has 2 aromatic heterocycles. The number of carbonyl (C=O) groups excluding carboxylic acids is 1. The van der Waals surface area contributed by atoms with Gasteiger partial charge in [0.05, 0.1) is 34.5 Å². The summed E-state index contributed by atoms with van der Waals surface area (Å²) in [5.74, 6) is -0.770. The number of amides is 1. The van der Waals surface area contributed by atoms with Crippen molar-refractivity contribution in [3.8, 4) is 11.3 Å². The Bertz CT molecular complexity index is 1140. The smallest absolute Gasteiger partial charge is 0.254 e. The van der Waals surface area contributed by atoms with Crippen LogP contribution in [0.1, 0.15) is 20.0 Å². The van der Waals surface area contributed by atoms with Crippen molar-refractivity contribution < 1.29 is 8.91 Å². The molecule has 0 spiro atoms. The summed E-state index contributed by atoms with van der Waals surface area (Å²) in [5, 5.41) is 9.77. The largest absolute Gasteiger partial charge is 0.368 e. The van der Waals surface area contributed by atoms with Crippen LogP contribution in [-0.2, 0) is 13.6 Å². The maximum atomic E-state index is 12.5. The van der Waals surface area contributed by atoms with Crippen LogP contribution in [0.5, 0.6) is 0 Å². The van der Waals surface area contributed by atoms with Crippen LogP contribution < -0.4 is 15.5 Å². The minimum absolute atomic E-state index is 0.0767. The number of nitrogens with zero attached hydrogens (tertiary/aromatic N) is 4. The fourth-order valence-corrected chi connectivity index (χ4v) is 3.61. The molecule has 1 amide bonds. The zero-order chi connectivity index (χ0) is 21.6. The van der Waals surface area contributed by atoms with Gasteiger partial charge in [0.15, 0.2) is 0 Å². The summed E-state index contributed by atoms with van der Waals surface area (Å²) in [6, 6.07) is 7.30. The van der Waals surface area contributed by atoms with E-state index in [9.17, 15) is 4.79 Å². The van der Waals surface area contributed by atoms with Crippen molar-refractivity contribution in [3.05, 3.63) is 52.9 Å². The number of benzene rings is 1. The molecule has 0 fully saturated rings. The molecule has 0 bridgehead atoms. The van der Waals surface area contributed by atoms with Crippen molar-refractivity contribution in [2.75, 3.05) is 24.2 Å². The Kier molecular flexibility index (Phi) is 3.43. The molecule has 0 saturated heterocycles. The molecule has 27 heavy (non-hydrogen) atoms. The normalized spacial score (nSPS) is 14.5. The van der Waals surface area contributed by atoms with Crippen molar-refractivity contribution in [2.24, 2.45) is 7.05 Å². The second kappa shape index (κ2) is 6.59. The Morgan fingerprint density at radius 2 is 2.15 bits per heavy atom. The second-order valence-electron chi connectivity index (χ2n) is 6.33. The highest BCUT2D eigenvalue weighted by atomic mass is 35.5. The van der Waals surface area contributed by atoms with Gasteiger partial charge in [0.1, 0.15) is 5.15 Å². The summed E-state index contributed by atoms with van der Waals surface area (Å²) in [7, 11) is 3.87. The molecule has 3 aromatic rings. The highest BCUT2D eigenvalue weighted by Crippen LogP contribution is 2.43. The van der Waals surface area contributed by atoms with Gasteiger partial charge in [-0.25, -0.2) is 4.98 Å². The Balaban J connectivity index is 1.78. The number of pyridine rings is 1. The van der Waals surface area contributed by atoms with Crippen LogP contribution >= 0.6 is 11.6 Å². The van der Waals surface area contributed by atoms with Crippen molar-refractivity contribution in [1.29, 1.82) is 0 Å². The minimum atomic E-state index is -2.62. The van der Waals surface area contributed by atoms with E-state index in [0.717, 1.165) is 28.2 Å². The highest BCUT2D eigenvalue weighted by molar-refractivity contribution is 6.29. The molecule has 0 aliphatic carbocycles. The molecule has 0 unspecified atom stereocenters. The van der Waals surface area contributed by atoms with Crippen LogP contribution in [0.3, 0.4) is 0 Å². The molecule has 0 radical (unpaired) electrons. The number of hydrogen-bond acceptors (Lipinski definition) is 5. The molecule has 0 saturated carbocycles. The molecular weight excluding hydrogens is 364 g/mol. The standard InChI is InChI=1S/C19H19ClN6O/c1-21-19(27)13-9-22-16(20)7-15(13)24-14-6-4-5-12-17-11(8-23-26(17)3)10-25(2)18(12)14/h4-9H,10H2,1-3H3,(H,21,27)(H,22,24)/i1D3. The summed E-state index contributed by atoms with van der Waals surface area (Å²) in [5.41, 5.74) is 5.25. The van der Waals surface area contributed by atoms with E-state index in [1.807, 2.05) is 48.5 Å². The second-order valence-corrected chi connectivity index (χ2v) is 6.72. The SMILES string of the molecule is [2H]C([2H])([2H])NC(=O)c1cnc(Cl)cc1Nc1cccc2c1N(C)Cc1cnn(C)c1-2. The molecule has 8 heteroatoms. The summed E-state index contributed by atoms with van der Waals surface area (Å²) >= 11 is 6.05. The van der Waals surface area contributed by atoms with Crippen LogP contribution in [-0.4, -0.2) is 34.7 Å². The van der Waals surface area contributed by atoms with Gasteiger partial charge in [0, 0.05) is 49.1 Å². The lowest BCUT2D eigenvalue weighted by Gasteiger charge is -2.30. The van der Waals surface area contributed by atoms with Gasteiger partial charge in [-0.1, -0.05) is 23.7 Å². The fraction of sp³-hybridized carbons (Fsp3) is 0.211. The maximum absolute atomic E-state index is 12.5. The molecular formula is C19H19ClN6O. The third-order valence-electron chi connectivity index (χ3n) is 4.59. The number of halogens is 1. The fourth-order valence-electron chi connectivity index (χ4n) is 3.45. The molecule has 2 N–H and O–H groups in total. The summed E-state index contributed by atoms with van der Waals surface area (Å²) < 4.78 is 23.7. The summed E-state index contributed by atoms with van der Waals surface area (Å²) in [6.07, 6.45) is 3.11. The predicted molar refractivity (Wildman–Crippen MR) is 107 cm³/mol. The molecule has 1 aliphatic heterocycles. The number of nitrogens with one attached hydrogen (secondary N) is 2. The molecule has 0 atom stereocenters. The zero-order valence-electron chi connectivity index (χ0n) is 17.7. The van der Waals surface area contributed by atoms with Crippen molar-refractivity contribution >= 4 is 34.6 Å². The number of hydrogen-bond donors (Lipinski definition) is 2. The third kappa shape index (κ3) is 2.90. The number of aromatic nitrogens is 3. The van der Waals surface area contributed by atoms with Crippen LogP contribution in [0.2, 0.25) is 5.15 Å². The first-order valence-electron chi connectivity index (χ1n) is 9.74. The first-order valence-corrected chi connectivity index (χ1v) is 8.62. The first kappa shape index (κ1) is 14.1. The highest BCUT2D eigenvalue weighted by Gasteiger charge is 2.26. The lowest BCUT2D eigenvalue weighted by Crippen LogP contribution is -2.23. The van der Waals surface area contributed by atoms with E-state index in [2.05, 4.69) is 20.3 Å². The number of para-hydroxylation sites is 1. The molecule has 1 aliphatic rings. The molecule has 3 heterocycles. The first-order chi connectivity index (χ1) is 14.1. The summed E-state index contributed by atoms with van der Waals surface area (Å²) in [6.45, 7) is -1.94. The summed E-state index contributed by atoms with van der Waals surface area (Å²) in [4.78, 5) is 18.5. The van der Waals surface area contributed by atoms with E-state index < -0.39 is 12.9 Å². The van der Waals surface area contributed by atoms with Gasteiger partial charge in [-0.15, -0.1) is 0 Å². The van der Waals surface area contributed by atoms with Gasteiger partial charge < -0.3 is 15.5 Å². The molecule has 7 nitrogen and oxygen atoms in total. The quantitative estimate of drug-likeness (QED) is 0.677. The molecule has 1 aromatic carbocycles. The Morgan fingerprint density at radius 1 is 1.30 bits per heavy atom. The number of carbonyl (C=O) groups is 1. The van der Waals surface area contributed by atoms with Crippen LogP contribution in [0.25, 0.3) is 11.3 Å².